The van der Waals surface area contributed by atoms with Gasteiger partial charge in [0, 0.05) is 23.2 Å². The maximum Gasteiger partial charge on any atom is 0.300 e. The molecule has 5 nitrogen and oxygen atoms in total. The number of thioether (sulfide) groups is 1. The van der Waals surface area contributed by atoms with E-state index in [-0.39, 0.29) is 11.2 Å². The van der Waals surface area contributed by atoms with Crippen molar-refractivity contribution in [2.45, 2.75) is 12.1 Å². The summed E-state index contributed by atoms with van der Waals surface area (Å²) in [6.45, 7) is 5.59. The Morgan fingerprint density at radius 2 is 2.18 bits per heavy atom. The number of rotatable bonds is 4. The normalized spacial score (nSPS) is 11.0. The zero-order valence-corrected chi connectivity index (χ0v) is 13.4. The SMILES string of the molecule is C=CCSc1nnc2c(=O)n(-c3ccc(C)c(Cl)c3)ccn12. The molecular formula is C15H13ClN4OS. The third-order valence-corrected chi connectivity index (χ3v) is 4.55. The Labute approximate surface area is 136 Å². The van der Waals surface area contributed by atoms with Crippen molar-refractivity contribution in [2.75, 3.05) is 5.75 Å². The highest BCUT2D eigenvalue weighted by Gasteiger charge is 2.12. The van der Waals surface area contributed by atoms with E-state index in [0.29, 0.717) is 21.6 Å². The molecule has 22 heavy (non-hydrogen) atoms. The lowest BCUT2D eigenvalue weighted by molar-refractivity contribution is 0.894. The fourth-order valence-corrected chi connectivity index (χ4v) is 2.86. The summed E-state index contributed by atoms with van der Waals surface area (Å²) in [5.41, 5.74) is 1.71. The van der Waals surface area contributed by atoms with Crippen molar-refractivity contribution >= 4 is 29.0 Å². The molecule has 0 saturated heterocycles. The zero-order valence-electron chi connectivity index (χ0n) is 11.9. The van der Waals surface area contributed by atoms with Crippen LogP contribution in [-0.2, 0) is 0 Å². The summed E-state index contributed by atoms with van der Waals surface area (Å²) in [5, 5.41) is 9.32. The van der Waals surface area contributed by atoms with Crippen molar-refractivity contribution in [2.24, 2.45) is 0 Å². The number of aryl methyl sites for hydroxylation is 1. The smallest absolute Gasteiger partial charge is 0.280 e. The molecule has 0 bridgehead atoms. The van der Waals surface area contributed by atoms with Gasteiger partial charge in [-0.2, -0.15) is 0 Å². The molecule has 2 heterocycles. The Balaban J connectivity index is 2.12. The van der Waals surface area contributed by atoms with Crippen molar-refractivity contribution in [1.82, 2.24) is 19.2 Å². The van der Waals surface area contributed by atoms with E-state index in [1.165, 1.54) is 16.3 Å². The molecule has 0 amide bonds. The third kappa shape index (κ3) is 2.55. The first-order valence-electron chi connectivity index (χ1n) is 6.58. The molecule has 0 atom stereocenters. The molecule has 3 rings (SSSR count). The van der Waals surface area contributed by atoms with Gasteiger partial charge in [0.25, 0.3) is 0 Å². The van der Waals surface area contributed by atoms with Crippen LogP contribution in [0, 0.1) is 6.92 Å². The molecule has 0 N–H and O–H groups in total. The predicted molar refractivity (Wildman–Crippen MR) is 89.3 cm³/mol. The standard InChI is InChI=1S/C15H13ClN4OS/c1-3-8-22-15-18-17-13-14(21)19(6-7-20(13)15)11-5-4-10(2)12(16)9-11/h3-7,9H,1,8H2,2H3. The quantitative estimate of drug-likeness (QED) is 0.544. The second-order valence-electron chi connectivity index (χ2n) is 4.68. The number of hydrogen-bond donors (Lipinski definition) is 0. The van der Waals surface area contributed by atoms with Crippen molar-refractivity contribution < 1.29 is 0 Å². The minimum absolute atomic E-state index is 0.236. The monoisotopic (exact) mass is 332 g/mol. The summed E-state index contributed by atoms with van der Waals surface area (Å²) in [5.74, 6) is 0.706. The lowest BCUT2D eigenvalue weighted by atomic mass is 10.2. The van der Waals surface area contributed by atoms with E-state index in [4.69, 9.17) is 11.6 Å². The Morgan fingerprint density at radius 3 is 2.91 bits per heavy atom. The zero-order chi connectivity index (χ0) is 15.7. The molecule has 0 aliphatic heterocycles. The Bertz CT molecular complexity index is 916. The Morgan fingerprint density at radius 1 is 1.36 bits per heavy atom. The summed E-state index contributed by atoms with van der Waals surface area (Å²) in [6.07, 6.45) is 5.24. The number of fused-ring (bicyclic) bond motifs is 1. The van der Waals surface area contributed by atoms with Gasteiger partial charge in [0.1, 0.15) is 0 Å². The fraction of sp³-hybridized carbons (Fsp3) is 0.133. The van der Waals surface area contributed by atoms with Crippen LogP contribution in [-0.4, -0.2) is 24.9 Å². The summed E-state index contributed by atoms with van der Waals surface area (Å²) >= 11 is 7.61. The van der Waals surface area contributed by atoms with E-state index < -0.39 is 0 Å². The molecule has 7 heteroatoms. The Hall–Kier alpha value is -2.05. The first-order valence-corrected chi connectivity index (χ1v) is 7.95. The van der Waals surface area contributed by atoms with Gasteiger partial charge in [0.2, 0.25) is 5.65 Å². The fourth-order valence-electron chi connectivity index (χ4n) is 2.03. The molecule has 0 fully saturated rings. The summed E-state index contributed by atoms with van der Waals surface area (Å²) in [6, 6.07) is 5.49. The molecule has 112 valence electrons. The van der Waals surface area contributed by atoms with Crippen LogP contribution in [0.2, 0.25) is 5.02 Å². The lowest BCUT2D eigenvalue weighted by Crippen LogP contribution is -2.20. The van der Waals surface area contributed by atoms with E-state index in [0.717, 1.165) is 5.56 Å². The molecule has 0 unspecified atom stereocenters. The van der Waals surface area contributed by atoms with Gasteiger partial charge in [0.05, 0.1) is 5.69 Å². The van der Waals surface area contributed by atoms with Gasteiger partial charge >= 0.3 is 5.56 Å². The number of aromatic nitrogens is 4. The van der Waals surface area contributed by atoms with E-state index in [2.05, 4.69) is 16.8 Å². The highest BCUT2D eigenvalue weighted by Crippen LogP contribution is 2.19. The van der Waals surface area contributed by atoms with Gasteiger partial charge in [-0.05, 0) is 24.6 Å². The van der Waals surface area contributed by atoms with Crippen molar-refractivity contribution in [3.05, 3.63) is 64.2 Å². The van der Waals surface area contributed by atoms with Crippen molar-refractivity contribution in [3.8, 4) is 5.69 Å². The van der Waals surface area contributed by atoms with E-state index >= 15 is 0 Å². The van der Waals surface area contributed by atoms with Gasteiger partial charge in [-0.3, -0.25) is 13.8 Å². The molecule has 0 spiro atoms. The van der Waals surface area contributed by atoms with Crippen molar-refractivity contribution in [3.63, 3.8) is 0 Å². The van der Waals surface area contributed by atoms with E-state index in [9.17, 15) is 4.79 Å². The van der Waals surface area contributed by atoms with Crippen LogP contribution in [0.5, 0.6) is 0 Å². The predicted octanol–water partition coefficient (Wildman–Crippen LogP) is 3.12. The Kier molecular flexibility index (Phi) is 4.04. The van der Waals surface area contributed by atoms with E-state index in [1.54, 1.807) is 28.9 Å². The second-order valence-corrected chi connectivity index (χ2v) is 6.08. The average molecular weight is 333 g/mol. The number of halogens is 1. The minimum atomic E-state index is -0.236. The molecule has 0 radical (unpaired) electrons. The van der Waals surface area contributed by atoms with Crippen LogP contribution in [0.4, 0.5) is 0 Å². The number of nitrogens with zero attached hydrogens (tertiary/aromatic N) is 4. The first-order chi connectivity index (χ1) is 10.6. The number of hydrogen-bond acceptors (Lipinski definition) is 4. The van der Waals surface area contributed by atoms with Gasteiger partial charge in [-0.25, -0.2) is 0 Å². The first kappa shape index (κ1) is 14.9. The second kappa shape index (κ2) is 5.98. The van der Waals surface area contributed by atoms with Gasteiger partial charge in [0.15, 0.2) is 5.16 Å². The van der Waals surface area contributed by atoms with Gasteiger partial charge in [-0.15, -0.1) is 16.8 Å². The summed E-state index contributed by atoms with van der Waals surface area (Å²) < 4.78 is 3.19. The summed E-state index contributed by atoms with van der Waals surface area (Å²) in [4.78, 5) is 12.6. The highest BCUT2D eigenvalue weighted by atomic mass is 35.5. The third-order valence-electron chi connectivity index (χ3n) is 3.20. The molecule has 3 aromatic rings. The largest absolute Gasteiger partial charge is 0.300 e. The van der Waals surface area contributed by atoms with Crippen LogP contribution in [0.3, 0.4) is 0 Å². The van der Waals surface area contributed by atoms with Crippen LogP contribution in [0.25, 0.3) is 11.3 Å². The average Bonchev–Trinajstić information content (AvgIpc) is 2.92. The summed E-state index contributed by atoms with van der Waals surface area (Å²) in [7, 11) is 0. The maximum absolute atomic E-state index is 12.6. The molecule has 0 aliphatic carbocycles. The number of benzene rings is 1. The van der Waals surface area contributed by atoms with Crippen LogP contribution in [0.15, 0.2) is 53.2 Å². The maximum atomic E-state index is 12.6. The van der Waals surface area contributed by atoms with Gasteiger partial charge in [-0.1, -0.05) is 35.5 Å². The van der Waals surface area contributed by atoms with Crippen LogP contribution >= 0.6 is 23.4 Å². The molecule has 0 saturated carbocycles. The molecule has 0 aliphatic rings. The van der Waals surface area contributed by atoms with Crippen LogP contribution < -0.4 is 5.56 Å². The highest BCUT2D eigenvalue weighted by molar-refractivity contribution is 7.99. The minimum Gasteiger partial charge on any atom is -0.280 e. The van der Waals surface area contributed by atoms with Crippen LogP contribution in [0.1, 0.15) is 5.56 Å². The van der Waals surface area contributed by atoms with Crippen molar-refractivity contribution in [1.29, 1.82) is 0 Å². The molecule has 2 aromatic heterocycles. The molecular weight excluding hydrogens is 320 g/mol. The topological polar surface area (TPSA) is 52.2 Å². The lowest BCUT2D eigenvalue weighted by Gasteiger charge is -2.07. The molecule has 1 aromatic carbocycles. The van der Waals surface area contributed by atoms with Gasteiger partial charge < -0.3 is 0 Å². The van der Waals surface area contributed by atoms with E-state index in [1.807, 2.05) is 19.1 Å².